The lowest BCUT2D eigenvalue weighted by Gasteiger charge is -2.23. The monoisotopic (exact) mass is 266 g/mol. The Labute approximate surface area is 113 Å². The molecule has 3 nitrogen and oxygen atoms in total. The van der Waals surface area contributed by atoms with E-state index in [9.17, 15) is 4.79 Å². The fraction of sp³-hybridized carbons (Fsp3) is 0.643. The molecule has 3 N–H and O–H groups in total. The molecule has 4 heteroatoms. The normalized spacial score (nSPS) is 15.9. The number of fused-ring (bicyclic) bond motifs is 1. The summed E-state index contributed by atoms with van der Waals surface area (Å²) in [6.45, 7) is 4.34. The molecule has 18 heavy (non-hydrogen) atoms. The first-order valence-electron chi connectivity index (χ1n) is 6.66. The van der Waals surface area contributed by atoms with E-state index >= 15 is 0 Å². The minimum Gasteiger partial charge on any atom is -0.345 e. The number of aryl methyl sites for hydroxylation is 2. The summed E-state index contributed by atoms with van der Waals surface area (Å²) in [5, 5.41) is 2.99. The van der Waals surface area contributed by atoms with Crippen LogP contribution in [-0.4, -0.2) is 18.0 Å². The van der Waals surface area contributed by atoms with Crippen molar-refractivity contribution in [1.29, 1.82) is 0 Å². The molecule has 0 atom stereocenters. The zero-order chi connectivity index (χ0) is 13.2. The van der Waals surface area contributed by atoms with Crippen LogP contribution in [0.1, 0.15) is 53.2 Å². The molecule has 0 bridgehead atoms. The lowest BCUT2D eigenvalue weighted by molar-refractivity contribution is 0.0920. The number of thiophene rings is 1. The highest BCUT2D eigenvalue weighted by Crippen LogP contribution is 2.29. The van der Waals surface area contributed by atoms with Gasteiger partial charge in [0.15, 0.2) is 0 Å². The van der Waals surface area contributed by atoms with E-state index in [4.69, 9.17) is 5.73 Å². The predicted octanol–water partition coefficient (Wildman–Crippen LogP) is 2.48. The fourth-order valence-corrected chi connectivity index (χ4v) is 3.35. The predicted molar refractivity (Wildman–Crippen MR) is 76.2 cm³/mol. The standard InChI is InChI=1S/C14H22N2OS/c1-14(2,9-15)16-13(17)12-8-10-6-4-3-5-7-11(10)18-12/h8H,3-7,9,15H2,1-2H3,(H,16,17). The summed E-state index contributed by atoms with van der Waals surface area (Å²) in [6, 6.07) is 2.08. The second-order valence-electron chi connectivity index (χ2n) is 5.66. The first-order valence-corrected chi connectivity index (χ1v) is 7.48. The van der Waals surface area contributed by atoms with Crippen molar-refractivity contribution >= 4 is 17.2 Å². The zero-order valence-electron chi connectivity index (χ0n) is 11.2. The maximum absolute atomic E-state index is 12.2. The van der Waals surface area contributed by atoms with Crippen molar-refractivity contribution in [1.82, 2.24) is 5.32 Å². The SMILES string of the molecule is CC(C)(CN)NC(=O)c1cc2c(s1)CCCCC2. The van der Waals surface area contributed by atoms with Gasteiger partial charge in [0, 0.05) is 17.0 Å². The zero-order valence-corrected chi connectivity index (χ0v) is 12.0. The van der Waals surface area contributed by atoms with Crippen molar-refractivity contribution in [3.8, 4) is 0 Å². The van der Waals surface area contributed by atoms with Crippen LogP contribution < -0.4 is 11.1 Å². The maximum atomic E-state index is 12.2. The van der Waals surface area contributed by atoms with Crippen LogP contribution in [0.4, 0.5) is 0 Å². The summed E-state index contributed by atoms with van der Waals surface area (Å²) in [7, 11) is 0. The van der Waals surface area contributed by atoms with Crippen LogP contribution >= 0.6 is 11.3 Å². The minimum atomic E-state index is -0.335. The highest BCUT2D eigenvalue weighted by atomic mass is 32.1. The summed E-state index contributed by atoms with van der Waals surface area (Å²) in [4.78, 5) is 14.4. The molecule has 1 aliphatic rings. The Kier molecular flexibility index (Phi) is 4.07. The molecule has 0 radical (unpaired) electrons. The Morgan fingerprint density at radius 3 is 2.83 bits per heavy atom. The first-order chi connectivity index (χ1) is 8.52. The average Bonchev–Trinajstić information content (AvgIpc) is 2.61. The third-order valence-electron chi connectivity index (χ3n) is 3.43. The molecule has 0 aliphatic heterocycles. The van der Waals surface area contributed by atoms with Crippen molar-refractivity contribution in [3.63, 3.8) is 0 Å². The highest BCUT2D eigenvalue weighted by molar-refractivity contribution is 7.14. The number of hydrogen-bond donors (Lipinski definition) is 2. The summed E-state index contributed by atoms with van der Waals surface area (Å²) >= 11 is 1.66. The average molecular weight is 266 g/mol. The van der Waals surface area contributed by atoms with Crippen LogP contribution in [-0.2, 0) is 12.8 Å². The Morgan fingerprint density at radius 1 is 1.39 bits per heavy atom. The van der Waals surface area contributed by atoms with Gasteiger partial charge in [-0.05, 0) is 51.2 Å². The van der Waals surface area contributed by atoms with Crippen molar-refractivity contribution in [2.24, 2.45) is 5.73 Å². The lowest BCUT2D eigenvalue weighted by Crippen LogP contribution is -2.48. The quantitative estimate of drug-likeness (QED) is 0.826. The van der Waals surface area contributed by atoms with Gasteiger partial charge in [0.05, 0.1) is 4.88 Å². The van der Waals surface area contributed by atoms with Gasteiger partial charge in [-0.1, -0.05) is 6.42 Å². The second-order valence-corrected chi connectivity index (χ2v) is 6.80. The molecular weight excluding hydrogens is 244 g/mol. The molecule has 2 rings (SSSR count). The Hall–Kier alpha value is -0.870. The largest absolute Gasteiger partial charge is 0.345 e. The maximum Gasteiger partial charge on any atom is 0.261 e. The Balaban J connectivity index is 2.12. The number of nitrogens with one attached hydrogen (secondary N) is 1. The third-order valence-corrected chi connectivity index (χ3v) is 4.67. The smallest absolute Gasteiger partial charge is 0.261 e. The summed E-state index contributed by atoms with van der Waals surface area (Å²) in [6.07, 6.45) is 6.07. The topological polar surface area (TPSA) is 55.1 Å². The van der Waals surface area contributed by atoms with Gasteiger partial charge in [-0.25, -0.2) is 0 Å². The van der Waals surface area contributed by atoms with Crippen LogP contribution in [0.5, 0.6) is 0 Å². The van der Waals surface area contributed by atoms with E-state index < -0.39 is 0 Å². The molecule has 0 spiro atoms. The molecule has 100 valence electrons. The Morgan fingerprint density at radius 2 is 2.11 bits per heavy atom. The number of rotatable bonds is 3. The van der Waals surface area contributed by atoms with Crippen molar-refractivity contribution in [2.45, 2.75) is 51.5 Å². The third kappa shape index (κ3) is 3.12. The number of carbonyl (C=O) groups excluding carboxylic acids is 1. The van der Waals surface area contributed by atoms with Crippen molar-refractivity contribution < 1.29 is 4.79 Å². The summed E-state index contributed by atoms with van der Waals surface area (Å²) < 4.78 is 0. The van der Waals surface area contributed by atoms with Gasteiger partial charge in [-0.3, -0.25) is 4.79 Å². The van der Waals surface area contributed by atoms with Gasteiger partial charge in [0.25, 0.3) is 5.91 Å². The van der Waals surface area contributed by atoms with E-state index in [0.29, 0.717) is 6.54 Å². The molecule has 0 saturated carbocycles. The van der Waals surface area contributed by atoms with Crippen LogP contribution in [0, 0.1) is 0 Å². The van der Waals surface area contributed by atoms with Gasteiger partial charge in [0.1, 0.15) is 0 Å². The fourth-order valence-electron chi connectivity index (χ4n) is 2.20. The molecule has 0 saturated heterocycles. The summed E-state index contributed by atoms with van der Waals surface area (Å²) in [5.41, 5.74) is 6.69. The van der Waals surface area contributed by atoms with E-state index in [1.54, 1.807) is 11.3 Å². The molecule has 0 unspecified atom stereocenters. The van der Waals surface area contributed by atoms with E-state index in [2.05, 4.69) is 11.4 Å². The van der Waals surface area contributed by atoms with Crippen molar-refractivity contribution in [3.05, 3.63) is 21.4 Å². The van der Waals surface area contributed by atoms with Gasteiger partial charge in [0.2, 0.25) is 0 Å². The van der Waals surface area contributed by atoms with E-state index in [0.717, 1.165) is 17.7 Å². The molecular formula is C14H22N2OS. The van der Waals surface area contributed by atoms with Gasteiger partial charge in [-0.15, -0.1) is 11.3 Å². The van der Waals surface area contributed by atoms with Gasteiger partial charge >= 0.3 is 0 Å². The van der Waals surface area contributed by atoms with Crippen LogP contribution in [0.25, 0.3) is 0 Å². The molecule has 0 aromatic carbocycles. The molecule has 1 amide bonds. The Bertz CT molecular complexity index is 414. The van der Waals surface area contributed by atoms with Gasteiger partial charge < -0.3 is 11.1 Å². The van der Waals surface area contributed by atoms with Crippen LogP contribution in [0.2, 0.25) is 0 Å². The molecule has 1 aromatic rings. The molecule has 1 heterocycles. The van der Waals surface area contributed by atoms with Crippen LogP contribution in [0.15, 0.2) is 6.07 Å². The number of carbonyl (C=O) groups is 1. The molecule has 1 aromatic heterocycles. The minimum absolute atomic E-state index is 0.0172. The highest BCUT2D eigenvalue weighted by Gasteiger charge is 2.22. The lowest BCUT2D eigenvalue weighted by atomic mass is 10.1. The van der Waals surface area contributed by atoms with Crippen LogP contribution in [0.3, 0.4) is 0 Å². The van der Waals surface area contributed by atoms with Crippen molar-refractivity contribution in [2.75, 3.05) is 6.54 Å². The summed E-state index contributed by atoms with van der Waals surface area (Å²) in [5.74, 6) is 0.0172. The van der Waals surface area contributed by atoms with E-state index in [1.807, 2.05) is 13.8 Å². The molecule has 0 fully saturated rings. The first kappa shape index (κ1) is 13.6. The van der Waals surface area contributed by atoms with E-state index in [-0.39, 0.29) is 11.4 Å². The van der Waals surface area contributed by atoms with E-state index in [1.165, 1.54) is 29.7 Å². The number of amides is 1. The number of hydrogen-bond acceptors (Lipinski definition) is 3. The molecule has 1 aliphatic carbocycles. The van der Waals surface area contributed by atoms with Gasteiger partial charge in [-0.2, -0.15) is 0 Å². The number of nitrogens with two attached hydrogens (primary N) is 1. The second kappa shape index (κ2) is 5.41.